The molecule has 0 spiro atoms. The van der Waals surface area contributed by atoms with Gasteiger partial charge in [-0.25, -0.2) is 0 Å². The van der Waals surface area contributed by atoms with E-state index in [-0.39, 0.29) is 39.6 Å². The van der Waals surface area contributed by atoms with Gasteiger partial charge >= 0.3 is 5.97 Å². The first-order chi connectivity index (χ1) is 34.5. The van der Waals surface area contributed by atoms with E-state index in [9.17, 15) is 4.79 Å². The van der Waals surface area contributed by atoms with Crippen LogP contribution in [0.2, 0.25) is 0 Å². The summed E-state index contributed by atoms with van der Waals surface area (Å²) in [5.74, 6) is 0.155. The molecule has 368 valence electrons. The Hall–Kier alpha value is -5.22. The zero-order valence-electron chi connectivity index (χ0n) is 39.9. The Bertz CT molecular complexity index is 2370. The molecule has 6 aromatic rings. The average Bonchev–Trinajstić information content (AvgIpc) is 3.40. The average molecular weight is 969 g/mol. The topological polar surface area (TPSA) is 109 Å². The van der Waals surface area contributed by atoms with Crippen LogP contribution in [0.5, 0.6) is 0 Å². The summed E-state index contributed by atoms with van der Waals surface area (Å²) in [6.45, 7) is 5.46. The standard InChI is InChI=1S/C58H64O11S/c1-3-70-58-56(54(65-39-48-32-20-9-21-33-48)52(63-37-46-28-16-7-17-29-46)50(68-58)41-61-35-44-24-12-5-13-25-44)69-57-55(66-42(2)59)53(64-38-47-30-18-8-19-31-47)51(62-36-45-26-14-6-15-27-45)49(67-57)40-60-34-43-22-10-4-11-23-43/h4-33,49-58H,3,34-41H2,1-2H3/t49-,50-,51-,52-,53+,54+,55+,56+,57-,58-/m1/s1. The van der Waals surface area contributed by atoms with E-state index in [0.717, 1.165) is 33.4 Å². The quantitative estimate of drug-likeness (QED) is 0.0510. The van der Waals surface area contributed by atoms with Crippen LogP contribution in [0.15, 0.2) is 182 Å². The van der Waals surface area contributed by atoms with Crippen LogP contribution in [0.25, 0.3) is 0 Å². The molecular formula is C58H64O11S. The molecule has 0 bridgehead atoms. The van der Waals surface area contributed by atoms with Gasteiger partial charge in [0.05, 0.1) is 52.9 Å². The number of thioether (sulfide) groups is 1. The molecule has 12 heteroatoms. The summed E-state index contributed by atoms with van der Waals surface area (Å²) in [6.07, 6.45) is -7.54. The third-order valence-electron chi connectivity index (χ3n) is 12.0. The predicted octanol–water partition coefficient (Wildman–Crippen LogP) is 10.3. The van der Waals surface area contributed by atoms with Crippen LogP contribution in [0.3, 0.4) is 0 Å². The summed E-state index contributed by atoms with van der Waals surface area (Å²) in [5.41, 5.74) is 5.29. The first-order valence-electron chi connectivity index (χ1n) is 24.1. The molecule has 2 aliphatic heterocycles. The second-order valence-corrected chi connectivity index (χ2v) is 18.6. The van der Waals surface area contributed by atoms with Crippen LogP contribution >= 0.6 is 11.8 Å². The van der Waals surface area contributed by atoms with E-state index >= 15 is 0 Å². The van der Waals surface area contributed by atoms with Crippen molar-refractivity contribution in [2.45, 2.75) is 114 Å². The third kappa shape index (κ3) is 15.1. The molecular weight excluding hydrogens is 905 g/mol. The Morgan fingerprint density at radius 3 is 1.11 bits per heavy atom. The highest BCUT2D eigenvalue weighted by atomic mass is 32.2. The van der Waals surface area contributed by atoms with Crippen LogP contribution in [0, 0.1) is 0 Å². The predicted molar refractivity (Wildman–Crippen MR) is 268 cm³/mol. The Morgan fingerprint density at radius 2 is 0.757 bits per heavy atom. The largest absolute Gasteiger partial charge is 0.454 e. The SMILES string of the molecule is CCS[C@H]1O[C@H](COCc2ccccc2)[C@@H](OCc2ccccc2)[C@H](OCc2ccccc2)[C@@H]1O[C@H]1O[C@H](COCc2ccccc2)[C@@H](OCc2ccccc2)[C@H](OCc2ccccc2)[C@@H]1OC(C)=O. The van der Waals surface area contributed by atoms with Crippen LogP contribution < -0.4 is 0 Å². The number of hydrogen-bond acceptors (Lipinski definition) is 12. The lowest BCUT2D eigenvalue weighted by Crippen LogP contribution is -2.66. The molecule has 10 atom stereocenters. The normalized spacial score (nSPS) is 24.5. The molecule has 2 fully saturated rings. The number of carbonyl (C=O) groups excluding carboxylic acids is 1. The maximum Gasteiger partial charge on any atom is 0.303 e. The minimum atomic E-state index is -1.20. The highest BCUT2D eigenvalue weighted by molar-refractivity contribution is 7.99. The highest BCUT2D eigenvalue weighted by Gasteiger charge is 2.55. The number of benzene rings is 6. The van der Waals surface area contributed by atoms with Gasteiger partial charge in [-0.1, -0.05) is 189 Å². The van der Waals surface area contributed by atoms with Crippen LogP contribution in [0.4, 0.5) is 0 Å². The zero-order chi connectivity index (χ0) is 48.2. The van der Waals surface area contributed by atoms with Gasteiger partial charge in [0.15, 0.2) is 12.4 Å². The molecule has 0 saturated carbocycles. The Kier molecular flexibility index (Phi) is 20.0. The first kappa shape index (κ1) is 51.1. The summed E-state index contributed by atoms with van der Waals surface area (Å²) in [5, 5.41) is 0. The number of rotatable bonds is 25. The zero-order valence-corrected chi connectivity index (χ0v) is 40.7. The van der Waals surface area contributed by atoms with E-state index in [4.69, 9.17) is 47.4 Å². The molecule has 0 aromatic heterocycles. The van der Waals surface area contributed by atoms with Crippen molar-refractivity contribution < 1.29 is 52.2 Å². The molecule has 11 nitrogen and oxygen atoms in total. The van der Waals surface area contributed by atoms with Gasteiger partial charge in [-0.2, -0.15) is 0 Å². The molecule has 2 saturated heterocycles. The maximum atomic E-state index is 13.3. The highest BCUT2D eigenvalue weighted by Crippen LogP contribution is 2.39. The van der Waals surface area contributed by atoms with Crippen molar-refractivity contribution in [2.24, 2.45) is 0 Å². The van der Waals surface area contributed by atoms with E-state index in [1.165, 1.54) is 6.92 Å². The van der Waals surface area contributed by atoms with E-state index < -0.39 is 66.5 Å². The summed E-state index contributed by atoms with van der Waals surface area (Å²) in [4.78, 5) is 13.3. The molecule has 0 aliphatic carbocycles. The summed E-state index contributed by atoms with van der Waals surface area (Å²) >= 11 is 1.58. The van der Waals surface area contributed by atoms with E-state index in [1.807, 2.05) is 182 Å². The fourth-order valence-electron chi connectivity index (χ4n) is 8.63. The number of carbonyl (C=O) groups is 1. The molecule has 0 radical (unpaired) electrons. The van der Waals surface area contributed by atoms with Gasteiger partial charge in [0.1, 0.15) is 48.2 Å². The van der Waals surface area contributed by atoms with Crippen LogP contribution in [0.1, 0.15) is 47.2 Å². The maximum absolute atomic E-state index is 13.3. The van der Waals surface area contributed by atoms with Crippen molar-refractivity contribution in [2.75, 3.05) is 19.0 Å². The van der Waals surface area contributed by atoms with Crippen LogP contribution in [-0.4, -0.2) is 85.5 Å². The third-order valence-corrected chi connectivity index (χ3v) is 13.1. The van der Waals surface area contributed by atoms with Crippen molar-refractivity contribution >= 4 is 17.7 Å². The number of ether oxygens (including phenoxy) is 10. The number of hydrogen-bond donors (Lipinski definition) is 0. The monoisotopic (exact) mass is 968 g/mol. The Balaban J connectivity index is 1.16. The first-order valence-corrected chi connectivity index (χ1v) is 25.2. The Morgan fingerprint density at radius 1 is 0.429 bits per heavy atom. The summed E-state index contributed by atoms with van der Waals surface area (Å²) in [7, 11) is 0. The fraction of sp³-hybridized carbons (Fsp3) is 0.362. The van der Waals surface area contributed by atoms with Gasteiger partial charge in [0, 0.05) is 6.92 Å². The summed E-state index contributed by atoms with van der Waals surface area (Å²) in [6, 6.07) is 59.8. The number of esters is 1. The van der Waals surface area contributed by atoms with Crippen molar-refractivity contribution in [3.05, 3.63) is 215 Å². The molecule has 8 rings (SSSR count). The van der Waals surface area contributed by atoms with Crippen molar-refractivity contribution in [3.63, 3.8) is 0 Å². The second-order valence-electron chi connectivity index (χ2n) is 17.3. The van der Waals surface area contributed by atoms with Crippen LogP contribution in [-0.2, 0) is 91.8 Å². The van der Waals surface area contributed by atoms with E-state index in [2.05, 4.69) is 6.92 Å². The van der Waals surface area contributed by atoms with Crippen molar-refractivity contribution in [1.29, 1.82) is 0 Å². The lowest BCUT2D eigenvalue weighted by molar-refractivity contribution is -0.351. The smallest absolute Gasteiger partial charge is 0.303 e. The molecule has 0 N–H and O–H groups in total. The van der Waals surface area contributed by atoms with Gasteiger partial charge in [0.2, 0.25) is 0 Å². The summed E-state index contributed by atoms with van der Waals surface area (Å²) < 4.78 is 68.3. The lowest BCUT2D eigenvalue weighted by Gasteiger charge is -2.50. The second kappa shape index (κ2) is 27.4. The van der Waals surface area contributed by atoms with Crippen molar-refractivity contribution in [1.82, 2.24) is 0 Å². The molecule has 0 unspecified atom stereocenters. The molecule has 70 heavy (non-hydrogen) atoms. The Labute approximate surface area is 416 Å². The van der Waals surface area contributed by atoms with E-state index in [0.29, 0.717) is 19.0 Å². The van der Waals surface area contributed by atoms with Crippen molar-refractivity contribution in [3.8, 4) is 0 Å². The van der Waals surface area contributed by atoms with Gasteiger partial charge in [0.25, 0.3) is 0 Å². The van der Waals surface area contributed by atoms with E-state index in [1.54, 1.807) is 11.8 Å². The van der Waals surface area contributed by atoms with Gasteiger partial charge in [-0.15, -0.1) is 11.8 Å². The minimum absolute atomic E-state index is 0.109. The molecule has 2 heterocycles. The minimum Gasteiger partial charge on any atom is -0.454 e. The van der Waals surface area contributed by atoms with Gasteiger partial charge in [-0.3, -0.25) is 4.79 Å². The molecule has 2 aliphatic rings. The van der Waals surface area contributed by atoms with Gasteiger partial charge in [-0.05, 0) is 39.1 Å². The van der Waals surface area contributed by atoms with Gasteiger partial charge < -0.3 is 47.4 Å². The molecule has 0 amide bonds. The lowest BCUT2D eigenvalue weighted by atomic mass is 9.96. The molecule has 6 aromatic carbocycles. The fourth-order valence-corrected chi connectivity index (χ4v) is 9.59.